The first-order chi connectivity index (χ1) is 7.70. The monoisotopic (exact) mass is 227 g/mol. The van der Waals surface area contributed by atoms with Gasteiger partial charge in [-0.1, -0.05) is 18.6 Å². The van der Waals surface area contributed by atoms with Gasteiger partial charge in [0.05, 0.1) is 12.3 Å². The standard InChI is InChI=1S/C10H17N3O3/c1-3-4-6-13-8(5-7-16-2)9(10(14)15)11-12-13/h3-7H2,1-2H3,(H,14,15). The Morgan fingerprint density at radius 1 is 1.56 bits per heavy atom. The number of aryl methyl sites for hydroxylation is 1. The largest absolute Gasteiger partial charge is 0.476 e. The van der Waals surface area contributed by atoms with Gasteiger partial charge in [-0.2, -0.15) is 0 Å². The minimum Gasteiger partial charge on any atom is -0.476 e. The summed E-state index contributed by atoms with van der Waals surface area (Å²) in [6.45, 7) is 3.25. The minimum absolute atomic E-state index is 0.0353. The van der Waals surface area contributed by atoms with Crippen LogP contribution in [0.25, 0.3) is 0 Å². The molecule has 0 aliphatic carbocycles. The van der Waals surface area contributed by atoms with Crippen molar-refractivity contribution in [2.24, 2.45) is 0 Å². The van der Waals surface area contributed by atoms with Crippen LogP contribution in [0.2, 0.25) is 0 Å². The molecule has 6 nitrogen and oxygen atoms in total. The number of methoxy groups -OCH3 is 1. The average molecular weight is 227 g/mol. The number of hydrogen-bond donors (Lipinski definition) is 1. The summed E-state index contributed by atoms with van der Waals surface area (Å²) in [5.41, 5.74) is 0.677. The van der Waals surface area contributed by atoms with Crippen LogP contribution in [0.5, 0.6) is 0 Å². The molecular weight excluding hydrogens is 210 g/mol. The van der Waals surface area contributed by atoms with Crippen molar-refractivity contribution in [3.8, 4) is 0 Å². The van der Waals surface area contributed by atoms with Gasteiger partial charge in [-0.05, 0) is 6.42 Å². The molecule has 1 aromatic heterocycles. The second-order valence-corrected chi connectivity index (χ2v) is 3.51. The first-order valence-corrected chi connectivity index (χ1v) is 5.35. The number of hydrogen-bond acceptors (Lipinski definition) is 4. The zero-order chi connectivity index (χ0) is 12.0. The summed E-state index contributed by atoms with van der Waals surface area (Å²) in [5.74, 6) is -1.03. The molecule has 1 heterocycles. The first-order valence-electron chi connectivity index (χ1n) is 5.35. The van der Waals surface area contributed by atoms with Crippen LogP contribution in [0.3, 0.4) is 0 Å². The number of carboxylic acid groups (broad SMARTS) is 1. The number of rotatable bonds is 7. The molecule has 0 spiro atoms. The summed E-state index contributed by atoms with van der Waals surface area (Å²) in [6, 6.07) is 0. The Kier molecular flexibility index (Phi) is 4.91. The fraction of sp³-hybridized carbons (Fsp3) is 0.700. The number of aromatic nitrogens is 3. The maximum Gasteiger partial charge on any atom is 0.358 e. The molecule has 0 amide bonds. The number of carboxylic acids is 1. The summed E-state index contributed by atoms with van der Waals surface area (Å²) in [4.78, 5) is 10.9. The van der Waals surface area contributed by atoms with Crippen molar-refractivity contribution in [2.45, 2.75) is 32.7 Å². The van der Waals surface area contributed by atoms with Crippen LogP contribution >= 0.6 is 0 Å². The number of unbranched alkanes of at least 4 members (excludes halogenated alkanes) is 1. The molecule has 0 atom stereocenters. The van der Waals surface area contributed by atoms with Gasteiger partial charge in [0.2, 0.25) is 0 Å². The Balaban J connectivity index is 2.85. The average Bonchev–Trinajstić information content (AvgIpc) is 2.66. The number of nitrogens with zero attached hydrogens (tertiary/aromatic N) is 3. The van der Waals surface area contributed by atoms with Gasteiger partial charge in [0.15, 0.2) is 5.69 Å². The molecule has 0 saturated heterocycles. The van der Waals surface area contributed by atoms with Crippen molar-refractivity contribution in [1.82, 2.24) is 15.0 Å². The van der Waals surface area contributed by atoms with Crippen LogP contribution in [0.1, 0.15) is 35.9 Å². The summed E-state index contributed by atoms with van der Waals surface area (Å²) in [7, 11) is 1.58. The Morgan fingerprint density at radius 2 is 2.31 bits per heavy atom. The van der Waals surface area contributed by atoms with Gasteiger partial charge < -0.3 is 9.84 Å². The molecule has 1 N–H and O–H groups in total. The first kappa shape index (κ1) is 12.6. The van der Waals surface area contributed by atoms with Crippen LogP contribution in [0, 0.1) is 0 Å². The van der Waals surface area contributed by atoms with Crippen LogP contribution in [0.4, 0.5) is 0 Å². The lowest BCUT2D eigenvalue weighted by atomic mass is 10.2. The van der Waals surface area contributed by atoms with E-state index in [1.54, 1.807) is 11.8 Å². The maximum atomic E-state index is 10.9. The van der Waals surface area contributed by atoms with E-state index in [-0.39, 0.29) is 5.69 Å². The van der Waals surface area contributed by atoms with Gasteiger partial charge in [0.25, 0.3) is 0 Å². The molecule has 0 unspecified atom stereocenters. The highest BCUT2D eigenvalue weighted by atomic mass is 16.5. The summed E-state index contributed by atoms with van der Waals surface area (Å²) < 4.78 is 6.61. The smallest absolute Gasteiger partial charge is 0.358 e. The number of carbonyl (C=O) groups is 1. The molecule has 6 heteroatoms. The quantitative estimate of drug-likeness (QED) is 0.750. The fourth-order valence-corrected chi connectivity index (χ4v) is 1.43. The van der Waals surface area contributed by atoms with E-state index in [1.165, 1.54) is 0 Å². The van der Waals surface area contributed by atoms with Crippen molar-refractivity contribution in [3.63, 3.8) is 0 Å². The van der Waals surface area contributed by atoms with Gasteiger partial charge in [0, 0.05) is 20.1 Å². The third kappa shape index (κ3) is 3.03. The van der Waals surface area contributed by atoms with Gasteiger partial charge in [-0.15, -0.1) is 5.10 Å². The van der Waals surface area contributed by atoms with E-state index >= 15 is 0 Å². The van der Waals surface area contributed by atoms with Crippen LogP contribution < -0.4 is 0 Å². The third-order valence-electron chi connectivity index (χ3n) is 2.31. The molecule has 16 heavy (non-hydrogen) atoms. The van der Waals surface area contributed by atoms with Gasteiger partial charge >= 0.3 is 5.97 Å². The number of ether oxygens (including phenoxy) is 1. The predicted octanol–water partition coefficient (Wildman–Crippen LogP) is 0.965. The van der Waals surface area contributed by atoms with E-state index in [0.717, 1.165) is 12.8 Å². The van der Waals surface area contributed by atoms with Crippen molar-refractivity contribution >= 4 is 5.97 Å². The van der Waals surface area contributed by atoms with E-state index in [1.807, 2.05) is 0 Å². The summed E-state index contributed by atoms with van der Waals surface area (Å²) >= 11 is 0. The Labute approximate surface area is 94.2 Å². The highest BCUT2D eigenvalue weighted by Gasteiger charge is 2.18. The molecule has 1 aromatic rings. The van der Waals surface area contributed by atoms with Crippen molar-refractivity contribution in [3.05, 3.63) is 11.4 Å². The third-order valence-corrected chi connectivity index (χ3v) is 2.31. The highest BCUT2D eigenvalue weighted by Crippen LogP contribution is 2.08. The summed E-state index contributed by atoms with van der Waals surface area (Å²) in [5, 5.41) is 16.5. The van der Waals surface area contributed by atoms with E-state index < -0.39 is 5.97 Å². The Hall–Kier alpha value is -1.43. The van der Waals surface area contributed by atoms with Crippen LogP contribution in [0.15, 0.2) is 0 Å². The molecule has 0 aromatic carbocycles. The second kappa shape index (κ2) is 6.22. The van der Waals surface area contributed by atoms with Crippen LogP contribution in [-0.4, -0.2) is 39.8 Å². The van der Waals surface area contributed by atoms with Crippen molar-refractivity contribution < 1.29 is 14.6 Å². The van der Waals surface area contributed by atoms with Crippen LogP contribution in [-0.2, 0) is 17.7 Å². The molecule has 0 fully saturated rings. The maximum absolute atomic E-state index is 10.9. The lowest BCUT2D eigenvalue weighted by Crippen LogP contribution is -2.11. The normalized spacial score (nSPS) is 10.6. The molecule has 0 aliphatic heterocycles. The SMILES string of the molecule is CCCCn1nnc(C(=O)O)c1CCOC. The van der Waals surface area contributed by atoms with Crippen molar-refractivity contribution in [1.29, 1.82) is 0 Å². The van der Waals surface area contributed by atoms with E-state index in [0.29, 0.717) is 25.3 Å². The lowest BCUT2D eigenvalue weighted by Gasteiger charge is -2.05. The lowest BCUT2D eigenvalue weighted by molar-refractivity contribution is 0.0688. The molecular formula is C10H17N3O3. The molecule has 1 rings (SSSR count). The molecule has 0 aliphatic rings. The molecule has 90 valence electrons. The van der Waals surface area contributed by atoms with Crippen molar-refractivity contribution in [2.75, 3.05) is 13.7 Å². The van der Waals surface area contributed by atoms with Gasteiger partial charge in [-0.3, -0.25) is 0 Å². The zero-order valence-corrected chi connectivity index (χ0v) is 9.64. The topological polar surface area (TPSA) is 77.2 Å². The zero-order valence-electron chi connectivity index (χ0n) is 9.64. The van der Waals surface area contributed by atoms with Gasteiger partial charge in [-0.25, -0.2) is 9.48 Å². The van der Waals surface area contributed by atoms with E-state index in [2.05, 4.69) is 17.2 Å². The molecule has 0 saturated carbocycles. The van der Waals surface area contributed by atoms with E-state index in [9.17, 15) is 4.79 Å². The van der Waals surface area contributed by atoms with E-state index in [4.69, 9.17) is 9.84 Å². The Morgan fingerprint density at radius 3 is 2.88 bits per heavy atom. The van der Waals surface area contributed by atoms with Gasteiger partial charge in [0.1, 0.15) is 0 Å². The fourth-order valence-electron chi connectivity index (χ4n) is 1.43. The minimum atomic E-state index is -1.03. The Bertz CT molecular complexity index is 349. The second-order valence-electron chi connectivity index (χ2n) is 3.51. The molecule has 0 bridgehead atoms. The predicted molar refractivity (Wildman–Crippen MR) is 57.5 cm³/mol. The molecule has 0 radical (unpaired) electrons. The summed E-state index contributed by atoms with van der Waals surface area (Å²) in [6.07, 6.45) is 2.52. The highest BCUT2D eigenvalue weighted by molar-refractivity contribution is 5.86. The number of aromatic carboxylic acids is 1.